The molecule has 1 aliphatic rings. The van der Waals surface area contributed by atoms with Crippen LogP contribution in [-0.4, -0.2) is 32.6 Å². The molecule has 20 heavy (non-hydrogen) atoms. The Morgan fingerprint density at radius 2 is 2.30 bits per heavy atom. The van der Waals surface area contributed by atoms with E-state index in [0.717, 1.165) is 30.5 Å². The molecule has 1 aliphatic carbocycles. The fraction of sp³-hybridized carbons (Fsp3) is 0.385. The van der Waals surface area contributed by atoms with Crippen molar-refractivity contribution in [3.63, 3.8) is 0 Å². The standard InChI is InChI=1S/C13H16N6O/c14-10-5-4-9(6-10)13(20)15-11-3-1-2-8(7-11)12-16-18-19-17-12/h1-3,7,9-10H,4-6,14H2,(H,15,20)(H,16,17,18,19). The number of aromatic nitrogens is 4. The van der Waals surface area contributed by atoms with Crippen LogP contribution in [0, 0.1) is 5.92 Å². The molecule has 2 unspecified atom stereocenters. The molecule has 1 aromatic heterocycles. The Morgan fingerprint density at radius 3 is 3.00 bits per heavy atom. The molecule has 0 saturated heterocycles. The lowest BCUT2D eigenvalue weighted by Crippen LogP contribution is -2.23. The largest absolute Gasteiger partial charge is 0.328 e. The van der Waals surface area contributed by atoms with Crippen LogP contribution < -0.4 is 11.1 Å². The van der Waals surface area contributed by atoms with Crippen LogP contribution in [-0.2, 0) is 4.79 Å². The number of amides is 1. The fourth-order valence-electron chi connectivity index (χ4n) is 2.52. The van der Waals surface area contributed by atoms with Gasteiger partial charge in [-0.05, 0) is 36.6 Å². The highest BCUT2D eigenvalue weighted by atomic mass is 16.1. The number of hydrogen-bond donors (Lipinski definition) is 3. The minimum absolute atomic E-state index is 0.0128. The van der Waals surface area contributed by atoms with Crippen LogP contribution >= 0.6 is 0 Å². The molecule has 1 saturated carbocycles. The first-order chi connectivity index (χ1) is 9.72. The van der Waals surface area contributed by atoms with E-state index in [4.69, 9.17) is 5.73 Å². The van der Waals surface area contributed by atoms with Crippen molar-refractivity contribution >= 4 is 11.6 Å². The van der Waals surface area contributed by atoms with Crippen LogP contribution in [0.25, 0.3) is 11.4 Å². The lowest BCUT2D eigenvalue weighted by molar-refractivity contribution is -0.119. The molecule has 1 heterocycles. The Morgan fingerprint density at radius 1 is 1.40 bits per heavy atom. The fourth-order valence-corrected chi connectivity index (χ4v) is 2.52. The Kier molecular flexibility index (Phi) is 3.42. The Bertz CT molecular complexity index is 597. The van der Waals surface area contributed by atoms with Crippen LogP contribution in [0.4, 0.5) is 5.69 Å². The molecule has 3 rings (SSSR count). The van der Waals surface area contributed by atoms with Gasteiger partial charge in [0.2, 0.25) is 11.7 Å². The van der Waals surface area contributed by atoms with Crippen molar-refractivity contribution in [1.82, 2.24) is 20.6 Å². The molecule has 0 radical (unpaired) electrons. The van der Waals surface area contributed by atoms with Crippen molar-refractivity contribution < 1.29 is 4.79 Å². The SMILES string of the molecule is NC1CCC(C(=O)Nc2cccc(-c3nn[nH]n3)c2)C1. The summed E-state index contributed by atoms with van der Waals surface area (Å²) in [6.07, 6.45) is 2.54. The van der Waals surface area contributed by atoms with Gasteiger partial charge in [0.1, 0.15) is 0 Å². The van der Waals surface area contributed by atoms with Gasteiger partial charge in [0.05, 0.1) is 0 Å². The summed E-state index contributed by atoms with van der Waals surface area (Å²) >= 11 is 0. The van der Waals surface area contributed by atoms with Crippen molar-refractivity contribution in [2.24, 2.45) is 11.7 Å². The number of aromatic amines is 1. The number of nitrogens with two attached hydrogens (primary N) is 1. The highest BCUT2D eigenvalue weighted by Gasteiger charge is 2.27. The average molecular weight is 272 g/mol. The van der Waals surface area contributed by atoms with E-state index in [1.54, 1.807) is 0 Å². The lowest BCUT2D eigenvalue weighted by atomic mass is 10.1. The third-order valence-electron chi connectivity index (χ3n) is 3.58. The van der Waals surface area contributed by atoms with Gasteiger partial charge < -0.3 is 11.1 Å². The first-order valence-electron chi connectivity index (χ1n) is 6.62. The summed E-state index contributed by atoms with van der Waals surface area (Å²) in [6, 6.07) is 7.54. The van der Waals surface area contributed by atoms with Crippen molar-refractivity contribution in [2.45, 2.75) is 25.3 Å². The molecule has 7 nitrogen and oxygen atoms in total. The zero-order valence-corrected chi connectivity index (χ0v) is 10.9. The van der Waals surface area contributed by atoms with E-state index < -0.39 is 0 Å². The zero-order valence-electron chi connectivity index (χ0n) is 10.9. The van der Waals surface area contributed by atoms with Crippen LogP contribution in [0.5, 0.6) is 0 Å². The summed E-state index contributed by atoms with van der Waals surface area (Å²) < 4.78 is 0. The van der Waals surface area contributed by atoms with Gasteiger partial charge in [0, 0.05) is 23.2 Å². The maximum atomic E-state index is 12.1. The second kappa shape index (κ2) is 5.38. The van der Waals surface area contributed by atoms with E-state index >= 15 is 0 Å². The number of benzene rings is 1. The molecule has 2 atom stereocenters. The van der Waals surface area contributed by atoms with Crippen LogP contribution in [0.1, 0.15) is 19.3 Å². The molecule has 2 aromatic rings. The number of H-pyrrole nitrogens is 1. The second-order valence-corrected chi connectivity index (χ2v) is 5.08. The van der Waals surface area contributed by atoms with Gasteiger partial charge in [0.25, 0.3) is 0 Å². The van der Waals surface area contributed by atoms with Gasteiger partial charge in [-0.2, -0.15) is 5.21 Å². The maximum absolute atomic E-state index is 12.1. The van der Waals surface area contributed by atoms with E-state index in [0.29, 0.717) is 5.82 Å². The molecular weight excluding hydrogens is 256 g/mol. The smallest absolute Gasteiger partial charge is 0.227 e. The molecule has 0 aliphatic heterocycles. The molecule has 1 amide bonds. The van der Waals surface area contributed by atoms with Gasteiger partial charge in [-0.25, -0.2) is 0 Å². The van der Waals surface area contributed by atoms with E-state index in [1.165, 1.54) is 0 Å². The predicted octanol–water partition coefficient (Wildman–Crippen LogP) is 0.933. The van der Waals surface area contributed by atoms with Crippen molar-refractivity contribution in [3.05, 3.63) is 24.3 Å². The number of carbonyl (C=O) groups is 1. The Labute approximate surface area is 115 Å². The van der Waals surface area contributed by atoms with Gasteiger partial charge in [0.15, 0.2) is 0 Å². The normalized spacial score (nSPS) is 21.9. The van der Waals surface area contributed by atoms with E-state index in [-0.39, 0.29) is 17.9 Å². The van der Waals surface area contributed by atoms with E-state index in [1.807, 2.05) is 24.3 Å². The first kappa shape index (κ1) is 12.7. The zero-order chi connectivity index (χ0) is 13.9. The highest BCUT2D eigenvalue weighted by molar-refractivity contribution is 5.93. The average Bonchev–Trinajstić information content (AvgIpc) is 3.10. The Balaban J connectivity index is 1.71. The summed E-state index contributed by atoms with van der Waals surface area (Å²) in [6.45, 7) is 0. The topological polar surface area (TPSA) is 110 Å². The van der Waals surface area contributed by atoms with Crippen LogP contribution in [0.3, 0.4) is 0 Å². The van der Waals surface area contributed by atoms with Gasteiger partial charge in [-0.3, -0.25) is 4.79 Å². The molecular formula is C13H16N6O. The third kappa shape index (κ3) is 2.67. The van der Waals surface area contributed by atoms with E-state index in [9.17, 15) is 4.79 Å². The molecule has 0 spiro atoms. The van der Waals surface area contributed by atoms with Gasteiger partial charge in [-0.15, -0.1) is 10.2 Å². The number of hydrogen-bond acceptors (Lipinski definition) is 5. The quantitative estimate of drug-likeness (QED) is 0.770. The second-order valence-electron chi connectivity index (χ2n) is 5.08. The molecule has 1 fully saturated rings. The van der Waals surface area contributed by atoms with E-state index in [2.05, 4.69) is 25.9 Å². The number of anilines is 1. The number of rotatable bonds is 3. The highest BCUT2D eigenvalue weighted by Crippen LogP contribution is 2.26. The lowest BCUT2D eigenvalue weighted by Gasteiger charge is -2.11. The van der Waals surface area contributed by atoms with Crippen molar-refractivity contribution in [3.8, 4) is 11.4 Å². The summed E-state index contributed by atoms with van der Waals surface area (Å²) in [4.78, 5) is 12.1. The predicted molar refractivity (Wildman–Crippen MR) is 73.6 cm³/mol. The summed E-state index contributed by atoms with van der Waals surface area (Å²) in [5, 5.41) is 16.7. The summed E-state index contributed by atoms with van der Waals surface area (Å²) in [7, 11) is 0. The Hall–Kier alpha value is -2.28. The number of tetrazole rings is 1. The minimum atomic E-state index is 0.0128. The van der Waals surface area contributed by atoms with Crippen molar-refractivity contribution in [2.75, 3.05) is 5.32 Å². The first-order valence-corrected chi connectivity index (χ1v) is 6.62. The number of carbonyl (C=O) groups excluding carboxylic acids is 1. The van der Waals surface area contributed by atoms with Crippen molar-refractivity contribution in [1.29, 1.82) is 0 Å². The number of nitrogens with zero attached hydrogens (tertiary/aromatic N) is 3. The number of nitrogens with one attached hydrogen (secondary N) is 2. The van der Waals surface area contributed by atoms with Gasteiger partial charge >= 0.3 is 0 Å². The maximum Gasteiger partial charge on any atom is 0.227 e. The molecule has 1 aromatic carbocycles. The summed E-state index contributed by atoms with van der Waals surface area (Å²) in [5.41, 5.74) is 7.38. The van der Waals surface area contributed by atoms with Gasteiger partial charge in [-0.1, -0.05) is 12.1 Å². The van der Waals surface area contributed by atoms with Crippen LogP contribution in [0.2, 0.25) is 0 Å². The molecule has 0 bridgehead atoms. The molecule has 104 valence electrons. The molecule has 7 heteroatoms. The minimum Gasteiger partial charge on any atom is -0.328 e. The van der Waals surface area contributed by atoms with Crippen LogP contribution in [0.15, 0.2) is 24.3 Å². The monoisotopic (exact) mass is 272 g/mol. The summed E-state index contributed by atoms with van der Waals surface area (Å²) in [5.74, 6) is 0.547. The molecule has 4 N–H and O–H groups in total. The third-order valence-corrected chi connectivity index (χ3v) is 3.58.